The summed E-state index contributed by atoms with van der Waals surface area (Å²) in [5.41, 5.74) is 6.02. The standard InChI is InChI=1S/C43H42N8O5S/c1-27-46-47-37-26-56-25-34-33(22-28-7-3-2-4-8-28)36(57-43(34)50(27)37)13-11-30-23-44-49(24-30)18-6-17-48-19-15-29(16-20-48)21-31-9-5-10-32-39(31)42(55)51(41(32)54)35-12-14-38(52)45-40(35)53/h2-5,7-10,23-24,29,35H,6,12,14-22,25-26H2,1H3,(H,45,52,53). The van der Waals surface area contributed by atoms with Crippen LogP contribution in [0.15, 0.2) is 60.9 Å². The number of nitrogens with zero attached hydrogens (tertiary/aromatic N) is 7. The van der Waals surface area contributed by atoms with Crippen molar-refractivity contribution < 1.29 is 23.9 Å². The first kappa shape index (κ1) is 36.9. The van der Waals surface area contributed by atoms with Gasteiger partial charge >= 0.3 is 0 Å². The Kier molecular flexibility index (Phi) is 10.1. The number of carbonyl (C=O) groups is 4. The molecule has 1 atom stereocenters. The van der Waals surface area contributed by atoms with Gasteiger partial charge in [-0.3, -0.25) is 38.6 Å². The highest BCUT2D eigenvalue weighted by atomic mass is 32.1. The van der Waals surface area contributed by atoms with E-state index in [0.717, 1.165) is 95.0 Å². The summed E-state index contributed by atoms with van der Waals surface area (Å²) in [6, 6.07) is 14.9. The van der Waals surface area contributed by atoms with E-state index in [1.807, 2.05) is 42.2 Å². The number of amides is 4. The molecule has 5 aromatic rings. The van der Waals surface area contributed by atoms with Crippen molar-refractivity contribution in [2.75, 3.05) is 19.6 Å². The van der Waals surface area contributed by atoms with Gasteiger partial charge in [0.1, 0.15) is 23.5 Å². The maximum atomic E-state index is 13.6. The highest BCUT2D eigenvalue weighted by Crippen LogP contribution is 2.37. The number of nitrogens with one attached hydrogen (secondary N) is 1. The minimum atomic E-state index is -0.960. The van der Waals surface area contributed by atoms with Crippen LogP contribution >= 0.6 is 11.3 Å². The number of thiophene rings is 1. The molecule has 4 amide bonds. The summed E-state index contributed by atoms with van der Waals surface area (Å²) in [5.74, 6) is 7.02. The van der Waals surface area contributed by atoms with Crippen LogP contribution < -0.4 is 5.32 Å². The van der Waals surface area contributed by atoms with Gasteiger partial charge in [0.25, 0.3) is 11.8 Å². The summed E-state index contributed by atoms with van der Waals surface area (Å²) >= 11 is 1.67. The van der Waals surface area contributed by atoms with E-state index >= 15 is 0 Å². The van der Waals surface area contributed by atoms with Crippen molar-refractivity contribution in [2.24, 2.45) is 5.92 Å². The van der Waals surface area contributed by atoms with Gasteiger partial charge in [-0.05, 0) is 93.8 Å². The molecule has 2 saturated heterocycles. The van der Waals surface area contributed by atoms with E-state index in [0.29, 0.717) is 36.7 Å². The SMILES string of the molecule is Cc1nnc2n1-c1sc(C#Cc3cnn(CCCN4CCC(Cc5cccc6c5C(=O)N(C5CCC(=O)NC5=O)C6=O)CC4)c3)c(Cc3ccccc3)c1COC2. The molecule has 1 unspecified atom stereocenters. The van der Waals surface area contributed by atoms with Crippen molar-refractivity contribution >= 4 is 35.0 Å². The van der Waals surface area contributed by atoms with Crippen LogP contribution in [0.2, 0.25) is 0 Å². The molecule has 2 aromatic carbocycles. The molecule has 0 saturated carbocycles. The van der Waals surface area contributed by atoms with E-state index in [9.17, 15) is 19.2 Å². The first-order valence-corrected chi connectivity index (χ1v) is 20.4. The van der Waals surface area contributed by atoms with Crippen LogP contribution in [0.3, 0.4) is 0 Å². The molecule has 4 aliphatic rings. The number of hydrogen-bond acceptors (Lipinski definition) is 10. The van der Waals surface area contributed by atoms with Crippen molar-refractivity contribution in [1.29, 1.82) is 0 Å². The van der Waals surface area contributed by atoms with Gasteiger partial charge in [-0.2, -0.15) is 5.10 Å². The largest absolute Gasteiger partial charge is 0.369 e. The number of fused-ring (bicyclic) bond motifs is 4. The Morgan fingerprint density at radius 1 is 0.930 bits per heavy atom. The quantitative estimate of drug-likeness (QED) is 0.168. The summed E-state index contributed by atoms with van der Waals surface area (Å²) in [7, 11) is 0. The van der Waals surface area contributed by atoms with E-state index in [1.54, 1.807) is 17.4 Å². The molecule has 3 aromatic heterocycles. The molecule has 290 valence electrons. The van der Waals surface area contributed by atoms with Crippen LogP contribution in [-0.4, -0.2) is 83.6 Å². The van der Waals surface area contributed by atoms with Gasteiger partial charge in [-0.15, -0.1) is 21.5 Å². The third-order valence-corrected chi connectivity index (χ3v) is 12.7. The zero-order valence-electron chi connectivity index (χ0n) is 31.7. The maximum Gasteiger partial charge on any atom is 0.262 e. The number of ether oxygens (including phenoxy) is 1. The molecule has 13 nitrogen and oxygen atoms in total. The summed E-state index contributed by atoms with van der Waals surface area (Å²) in [5, 5.41) is 16.6. The number of aromatic nitrogens is 5. The molecular weight excluding hydrogens is 741 g/mol. The second-order valence-corrected chi connectivity index (χ2v) is 16.2. The van der Waals surface area contributed by atoms with Crippen LogP contribution in [0, 0.1) is 24.7 Å². The Labute approximate surface area is 334 Å². The zero-order chi connectivity index (χ0) is 39.0. The molecule has 14 heteroatoms. The number of likely N-dealkylation sites (tertiary alicyclic amines) is 1. The molecule has 57 heavy (non-hydrogen) atoms. The lowest BCUT2D eigenvalue weighted by atomic mass is 9.87. The average molecular weight is 783 g/mol. The summed E-state index contributed by atoms with van der Waals surface area (Å²) in [6.45, 7) is 6.56. The van der Waals surface area contributed by atoms with Crippen LogP contribution in [0.4, 0.5) is 0 Å². The molecule has 7 heterocycles. The Morgan fingerprint density at radius 2 is 1.77 bits per heavy atom. The third-order valence-electron chi connectivity index (χ3n) is 11.5. The second-order valence-electron chi connectivity index (χ2n) is 15.2. The molecular formula is C43H42N8O5S. The Morgan fingerprint density at radius 3 is 2.60 bits per heavy atom. The zero-order valence-corrected chi connectivity index (χ0v) is 32.5. The lowest BCUT2D eigenvalue weighted by Crippen LogP contribution is -2.54. The Balaban J connectivity index is 0.801. The fourth-order valence-corrected chi connectivity index (χ4v) is 9.78. The molecule has 4 aliphatic heterocycles. The second kappa shape index (κ2) is 15.7. The molecule has 2 fully saturated rings. The fraction of sp³-hybridized carbons (Fsp3) is 0.372. The summed E-state index contributed by atoms with van der Waals surface area (Å²) < 4.78 is 10.1. The number of carbonyl (C=O) groups excluding carboxylic acids is 4. The van der Waals surface area contributed by atoms with Crippen molar-refractivity contribution in [3.8, 4) is 16.8 Å². The highest BCUT2D eigenvalue weighted by Gasteiger charge is 2.45. The smallest absolute Gasteiger partial charge is 0.262 e. The fourth-order valence-electron chi connectivity index (χ4n) is 8.53. The lowest BCUT2D eigenvalue weighted by molar-refractivity contribution is -0.136. The minimum Gasteiger partial charge on any atom is -0.369 e. The van der Waals surface area contributed by atoms with E-state index < -0.39 is 23.8 Å². The van der Waals surface area contributed by atoms with E-state index in [1.165, 1.54) is 11.1 Å². The van der Waals surface area contributed by atoms with Crippen molar-refractivity contribution in [2.45, 2.75) is 77.7 Å². The summed E-state index contributed by atoms with van der Waals surface area (Å²) in [4.78, 5) is 55.6. The van der Waals surface area contributed by atoms with Gasteiger partial charge in [-0.25, -0.2) is 0 Å². The van der Waals surface area contributed by atoms with Gasteiger partial charge in [0, 0.05) is 24.7 Å². The third kappa shape index (κ3) is 7.34. The maximum absolute atomic E-state index is 13.6. The highest BCUT2D eigenvalue weighted by molar-refractivity contribution is 7.15. The number of aryl methyl sites for hydroxylation is 2. The monoisotopic (exact) mass is 782 g/mol. The molecule has 9 rings (SSSR count). The Bertz CT molecular complexity index is 2450. The molecule has 1 N–H and O–H groups in total. The predicted molar refractivity (Wildman–Crippen MR) is 211 cm³/mol. The predicted octanol–water partition coefficient (Wildman–Crippen LogP) is 4.60. The summed E-state index contributed by atoms with van der Waals surface area (Å²) in [6.07, 6.45) is 8.51. The lowest BCUT2D eigenvalue weighted by Gasteiger charge is -2.32. The van der Waals surface area contributed by atoms with Crippen LogP contribution in [0.1, 0.15) is 97.2 Å². The van der Waals surface area contributed by atoms with Gasteiger partial charge in [0.15, 0.2) is 5.82 Å². The average Bonchev–Trinajstić information content (AvgIpc) is 3.94. The molecule has 0 spiro atoms. The van der Waals surface area contributed by atoms with Crippen molar-refractivity contribution in [3.63, 3.8) is 0 Å². The van der Waals surface area contributed by atoms with Gasteiger partial charge < -0.3 is 9.64 Å². The van der Waals surface area contributed by atoms with Gasteiger partial charge in [0.05, 0.1) is 34.4 Å². The van der Waals surface area contributed by atoms with E-state index in [2.05, 4.69) is 66.2 Å². The van der Waals surface area contributed by atoms with E-state index in [-0.39, 0.29) is 18.7 Å². The van der Waals surface area contributed by atoms with Crippen LogP contribution in [0.5, 0.6) is 0 Å². The first-order chi connectivity index (χ1) is 27.8. The molecule has 0 bridgehead atoms. The number of imide groups is 2. The number of benzene rings is 2. The normalized spacial score (nSPS) is 18.5. The molecule has 0 aliphatic carbocycles. The number of rotatable bonds is 9. The Hall–Kier alpha value is -5.75. The van der Waals surface area contributed by atoms with Gasteiger partial charge in [-0.1, -0.05) is 54.3 Å². The van der Waals surface area contributed by atoms with Crippen LogP contribution in [0.25, 0.3) is 5.00 Å². The topological polar surface area (TPSA) is 145 Å². The van der Waals surface area contributed by atoms with Crippen LogP contribution in [-0.2, 0) is 46.9 Å². The first-order valence-electron chi connectivity index (χ1n) is 19.6. The minimum absolute atomic E-state index is 0.102. The van der Waals surface area contributed by atoms with E-state index in [4.69, 9.17) is 4.74 Å². The number of piperidine rings is 2. The molecule has 0 radical (unpaired) electrons. The van der Waals surface area contributed by atoms with Gasteiger partial charge in [0.2, 0.25) is 11.8 Å². The van der Waals surface area contributed by atoms with Crippen molar-refractivity contribution in [3.05, 3.63) is 116 Å². The van der Waals surface area contributed by atoms with Crippen molar-refractivity contribution in [1.82, 2.24) is 39.7 Å². The number of hydrogen-bond donors (Lipinski definition) is 1.